The van der Waals surface area contributed by atoms with Crippen molar-refractivity contribution in [2.75, 3.05) is 18.2 Å². The minimum Gasteiger partial charge on any atom is -0.454 e. The molecule has 0 radical (unpaired) electrons. The van der Waals surface area contributed by atoms with Gasteiger partial charge in [-0.2, -0.15) is 5.26 Å². The first-order chi connectivity index (χ1) is 11.3. The third-order valence-electron chi connectivity index (χ3n) is 4.42. The third kappa shape index (κ3) is 2.36. The Labute approximate surface area is 133 Å². The van der Waals surface area contributed by atoms with Crippen molar-refractivity contribution < 1.29 is 13.9 Å². The molecule has 0 bridgehead atoms. The van der Waals surface area contributed by atoms with Crippen LogP contribution in [-0.4, -0.2) is 13.3 Å². The zero-order valence-corrected chi connectivity index (χ0v) is 12.5. The molecule has 4 nitrogen and oxygen atoms in total. The van der Waals surface area contributed by atoms with Crippen LogP contribution < -0.4 is 14.4 Å². The molecule has 116 valence electrons. The summed E-state index contributed by atoms with van der Waals surface area (Å²) < 4.78 is 25.1. The highest BCUT2D eigenvalue weighted by molar-refractivity contribution is 5.55. The highest BCUT2D eigenvalue weighted by atomic mass is 19.1. The van der Waals surface area contributed by atoms with E-state index >= 15 is 0 Å². The van der Waals surface area contributed by atoms with Gasteiger partial charge >= 0.3 is 0 Å². The van der Waals surface area contributed by atoms with Gasteiger partial charge in [0, 0.05) is 6.54 Å². The van der Waals surface area contributed by atoms with Crippen molar-refractivity contribution in [2.24, 2.45) is 0 Å². The molecule has 23 heavy (non-hydrogen) atoms. The molecule has 2 heterocycles. The summed E-state index contributed by atoms with van der Waals surface area (Å²) in [5.41, 5.74) is 1.98. The van der Waals surface area contributed by atoms with E-state index in [9.17, 15) is 4.39 Å². The minimum atomic E-state index is -0.350. The smallest absolute Gasteiger partial charge is 0.231 e. The van der Waals surface area contributed by atoms with Crippen LogP contribution in [0.3, 0.4) is 0 Å². The number of ether oxygens (including phenoxy) is 2. The summed E-state index contributed by atoms with van der Waals surface area (Å²) in [7, 11) is 0. The van der Waals surface area contributed by atoms with Gasteiger partial charge in [0.2, 0.25) is 6.79 Å². The molecule has 1 unspecified atom stereocenters. The number of fused-ring (bicyclic) bond motifs is 1. The van der Waals surface area contributed by atoms with Crippen LogP contribution in [-0.2, 0) is 0 Å². The molecule has 2 aliphatic heterocycles. The van der Waals surface area contributed by atoms with Crippen LogP contribution in [0.2, 0.25) is 0 Å². The Balaban J connectivity index is 1.68. The second-order valence-corrected chi connectivity index (χ2v) is 5.74. The van der Waals surface area contributed by atoms with Gasteiger partial charge in [0.15, 0.2) is 11.5 Å². The van der Waals surface area contributed by atoms with Crippen molar-refractivity contribution in [1.82, 2.24) is 0 Å². The molecule has 2 aromatic carbocycles. The summed E-state index contributed by atoms with van der Waals surface area (Å²) in [4.78, 5) is 2.06. The van der Waals surface area contributed by atoms with E-state index in [1.165, 1.54) is 6.07 Å². The van der Waals surface area contributed by atoms with E-state index in [-0.39, 0.29) is 18.7 Å². The van der Waals surface area contributed by atoms with Crippen molar-refractivity contribution in [3.05, 3.63) is 53.3 Å². The van der Waals surface area contributed by atoms with Gasteiger partial charge in [-0.15, -0.1) is 0 Å². The summed E-state index contributed by atoms with van der Waals surface area (Å²) in [6, 6.07) is 12.6. The molecular formula is C18H15FN2O2. The molecule has 5 heteroatoms. The Kier molecular flexibility index (Phi) is 3.30. The summed E-state index contributed by atoms with van der Waals surface area (Å²) in [6.45, 7) is 1.04. The fourth-order valence-corrected chi connectivity index (χ4v) is 3.33. The Morgan fingerprint density at radius 1 is 1.13 bits per heavy atom. The van der Waals surface area contributed by atoms with E-state index in [0.29, 0.717) is 11.3 Å². The van der Waals surface area contributed by atoms with Crippen LogP contribution in [0.15, 0.2) is 36.4 Å². The second kappa shape index (κ2) is 5.47. The van der Waals surface area contributed by atoms with E-state index in [4.69, 9.17) is 14.7 Å². The van der Waals surface area contributed by atoms with E-state index in [0.717, 1.165) is 36.4 Å². The minimum absolute atomic E-state index is 0.104. The standard InChI is InChI=1S/C18H15FN2O2/c19-14-8-12(10-20)3-5-16(14)21-7-1-2-15(21)13-4-6-17-18(9-13)23-11-22-17/h3-6,8-9,15H,1-2,7,11H2. The van der Waals surface area contributed by atoms with Crippen molar-refractivity contribution in [1.29, 1.82) is 5.26 Å². The molecule has 4 rings (SSSR count). The van der Waals surface area contributed by atoms with Crippen LogP contribution in [0.25, 0.3) is 0 Å². The third-order valence-corrected chi connectivity index (χ3v) is 4.42. The normalized spacial score (nSPS) is 19.0. The van der Waals surface area contributed by atoms with Crippen LogP contribution in [0.5, 0.6) is 11.5 Å². The predicted molar refractivity (Wildman–Crippen MR) is 83.0 cm³/mol. The second-order valence-electron chi connectivity index (χ2n) is 5.74. The maximum Gasteiger partial charge on any atom is 0.231 e. The lowest BCUT2D eigenvalue weighted by molar-refractivity contribution is 0.174. The van der Waals surface area contributed by atoms with Crippen molar-refractivity contribution in [3.8, 4) is 17.6 Å². The van der Waals surface area contributed by atoms with Gasteiger partial charge in [-0.05, 0) is 48.7 Å². The summed E-state index contributed by atoms with van der Waals surface area (Å²) in [5.74, 6) is 1.15. The molecule has 0 amide bonds. The molecular weight excluding hydrogens is 295 g/mol. The number of nitrogens with zero attached hydrogens (tertiary/aromatic N) is 2. The SMILES string of the molecule is N#Cc1ccc(N2CCCC2c2ccc3c(c2)OCO3)c(F)c1. The molecule has 1 atom stereocenters. The van der Waals surface area contributed by atoms with E-state index in [1.807, 2.05) is 24.3 Å². The monoisotopic (exact) mass is 310 g/mol. The molecule has 0 aliphatic carbocycles. The molecule has 0 spiro atoms. The van der Waals surface area contributed by atoms with Gasteiger partial charge in [0.05, 0.1) is 23.4 Å². The Hall–Kier alpha value is -2.74. The van der Waals surface area contributed by atoms with Crippen LogP contribution in [0.4, 0.5) is 10.1 Å². The zero-order valence-electron chi connectivity index (χ0n) is 12.5. The van der Waals surface area contributed by atoms with Gasteiger partial charge in [-0.3, -0.25) is 0 Å². The summed E-state index contributed by atoms with van der Waals surface area (Å²) in [5, 5.41) is 8.88. The van der Waals surface area contributed by atoms with Crippen LogP contribution in [0, 0.1) is 17.1 Å². The van der Waals surface area contributed by atoms with Gasteiger partial charge < -0.3 is 14.4 Å². The maximum absolute atomic E-state index is 14.4. The first-order valence-electron chi connectivity index (χ1n) is 7.62. The lowest BCUT2D eigenvalue weighted by Crippen LogP contribution is -2.23. The Morgan fingerprint density at radius 3 is 2.83 bits per heavy atom. The average Bonchev–Trinajstić information content (AvgIpc) is 3.22. The number of anilines is 1. The first kappa shape index (κ1) is 13.9. The number of hydrogen-bond acceptors (Lipinski definition) is 4. The van der Waals surface area contributed by atoms with Gasteiger partial charge in [-0.1, -0.05) is 6.07 Å². The summed E-state index contributed by atoms with van der Waals surface area (Å²) >= 11 is 0. The maximum atomic E-state index is 14.4. The largest absolute Gasteiger partial charge is 0.454 e. The van der Waals surface area contributed by atoms with Crippen molar-refractivity contribution in [2.45, 2.75) is 18.9 Å². The predicted octanol–water partition coefficient (Wildman–Crippen LogP) is 3.77. The van der Waals surface area contributed by atoms with Gasteiger partial charge in [0.1, 0.15) is 5.82 Å². The number of halogens is 1. The topological polar surface area (TPSA) is 45.5 Å². The lowest BCUT2D eigenvalue weighted by Gasteiger charge is -2.27. The van der Waals surface area contributed by atoms with Gasteiger partial charge in [-0.25, -0.2) is 4.39 Å². The fraction of sp³-hybridized carbons (Fsp3) is 0.278. The highest BCUT2D eigenvalue weighted by Crippen LogP contribution is 2.41. The van der Waals surface area contributed by atoms with E-state index in [1.54, 1.807) is 12.1 Å². The average molecular weight is 310 g/mol. The Morgan fingerprint density at radius 2 is 2.00 bits per heavy atom. The number of hydrogen-bond donors (Lipinski definition) is 0. The summed E-state index contributed by atoms with van der Waals surface area (Å²) in [6.07, 6.45) is 1.96. The molecule has 2 aliphatic rings. The number of nitriles is 1. The van der Waals surface area contributed by atoms with Crippen molar-refractivity contribution >= 4 is 5.69 Å². The van der Waals surface area contributed by atoms with Crippen molar-refractivity contribution in [3.63, 3.8) is 0 Å². The van der Waals surface area contributed by atoms with E-state index in [2.05, 4.69) is 4.90 Å². The lowest BCUT2D eigenvalue weighted by atomic mass is 10.0. The molecule has 0 aromatic heterocycles. The first-order valence-corrected chi connectivity index (χ1v) is 7.62. The van der Waals surface area contributed by atoms with E-state index < -0.39 is 0 Å². The molecule has 1 fully saturated rings. The quantitative estimate of drug-likeness (QED) is 0.847. The fourth-order valence-electron chi connectivity index (χ4n) is 3.33. The van der Waals surface area contributed by atoms with Crippen LogP contribution in [0.1, 0.15) is 30.0 Å². The highest BCUT2D eigenvalue weighted by Gasteiger charge is 2.29. The number of rotatable bonds is 2. The zero-order chi connectivity index (χ0) is 15.8. The molecule has 0 N–H and O–H groups in total. The van der Waals surface area contributed by atoms with Gasteiger partial charge in [0.25, 0.3) is 0 Å². The molecule has 2 aromatic rings. The Bertz CT molecular complexity index is 800. The molecule has 0 saturated carbocycles. The number of benzene rings is 2. The van der Waals surface area contributed by atoms with Crippen LogP contribution >= 0.6 is 0 Å². The molecule has 1 saturated heterocycles.